The molecular weight excluding hydrogens is 716 g/mol. The van der Waals surface area contributed by atoms with Crippen molar-refractivity contribution >= 4 is 11.4 Å². The van der Waals surface area contributed by atoms with Gasteiger partial charge in [-0.1, -0.05) is 55.4 Å². The van der Waals surface area contributed by atoms with Gasteiger partial charge in [-0.25, -0.2) is 0 Å². The second-order valence-corrected chi connectivity index (χ2v) is 14.0. The Kier molecular flexibility index (Phi) is 10.6. The molecule has 0 fully saturated rings. The van der Waals surface area contributed by atoms with Crippen LogP contribution in [0.2, 0.25) is 0 Å². The van der Waals surface area contributed by atoms with E-state index in [4.69, 9.17) is 11.5 Å². The normalized spacial score (nSPS) is 15.1. The van der Waals surface area contributed by atoms with Gasteiger partial charge >= 0.3 is 47.4 Å². The average Bonchev–Trinajstić information content (AvgIpc) is 2.95. The molecule has 286 valence electrons. The Morgan fingerprint density at radius 2 is 0.620 bits per heavy atom. The lowest BCUT2D eigenvalue weighted by Crippen LogP contribution is -2.74. The predicted molar refractivity (Wildman–Crippen MR) is 155 cm³/mol. The van der Waals surface area contributed by atoms with E-state index in [-0.39, 0.29) is 48.5 Å². The van der Waals surface area contributed by atoms with Crippen molar-refractivity contribution in [1.29, 1.82) is 0 Å². The van der Waals surface area contributed by atoms with Gasteiger partial charge in [0.1, 0.15) is 0 Å². The molecule has 50 heavy (non-hydrogen) atoms. The van der Waals surface area contributed by atoms with E-state index in [1.54, 1.807) is 0 Å². The molecule has 2 nitrogen and oxygen atoms in total. The first-order valence-corrected chi connectivity index (χ1v) is 14.8. The molecular formula is C32H36F16N2. The summed E-state index contributed by atoms with van der Waals surface area (Å²) >= 11 is 0. The average molecular weight is 753 g/mol. The van der Waals surface area contributed by atoms with Gasteiger partial charge in [0.05, 0.1) is 0 Å². The van der Waals surface area contributed by atoms with Gasteiger partial charge < -0.3 is 11.5 Å². The molecule has 0 aliphatic heterocycles. The Morgan fingerprint density at radius 1 is 0.400 bits per heavy atom. The largest absolute Gasteiger partial charge is 0.398 e. The van der Waals surface area contributed by atoms with Crippen molar-refractivity contribution in [1.82, 2.24) is 0 Å². The Bertz CT molecular complexity index is 1460. The third-order valence-electron chi connectivity index (χ3n) is 8.39. The SMILES string of the molecule is CCc1cc(C(F)(F)C(F)(F)C(F)(F)C(F)(F)C(F)(F)C(F)(F)C(F)(F)C(F)(F)c2cc(CC)c(N)c(C(C)(C)C)c2)cc(C(C)(C)C)c1N. The van der Waals surface area contributed by atoms with E-state index in [0.29, 0.717) is 0 Å². The van der Waals surface area contributed by atoms with Gasteiger partial charge in [-0.05, 0) is 70.2 Å². The van der Waals surface area contributed by atoms with E-state index >= 15 is 17.6 Å². The topological polar surface area (TPSA) is 52.0 Å². The molecule has 4 N–H and O–H groups in total. The third-order valence-corrected chi connectivity index (χ3v) is 8.39. The molecule has 2 rings (SSSR count). The molecule has 0 atom stereocenters. The molecule has 18 heteroatoms. The standard InChI is InChI=1S/C32H36F16N2/c1-9-15-11-17(13-19(21(15)49)23(3,4)5)25(33,34)27(37,38)29(41,42)31(45,46)32(47,48)30(43,44)28(39,40)26(35,36)18-12-16(10-2)22(50)20(14-18)24(6,7)8/h11-14H,9-10,49-50H2,1-8H3. The van der Waals surface area contributed by atoms with Gasteiger partial charge in [0, 0.05) is 22.5 Å². The van der Waals surface area contributed by atoms with Crippen LogP contribution in [0.1, 0.15) is 88.8 Å². The van der Waals surface area contributed by atoms with Crippen LogP contribution < -0.4 is 11.5 Å². The summed E-state index contributed by atoms with van der Waals surface area (Å²) in [5.41, 5.74) is 2.21. The van der Waals surface area contributed by atoms with Gasteiger partial charge in [0.25, 0.3) is 0 Å². The Labute approximate surface area is 277 Å². The lowest BCUT2D eigenvalue weighted by molar-refractivity contribution is -0.456. The number of anilines is 2. The Balaban J connectivity index is 2.84. The lowest BCUT2D eigenvalue weighted by Gasteiger charge is -2.44. The Hall–Kier alpha value is -3.08. The van der Waals surface area contributed by atoms with Crippen LogP contribution in [-0.4, -0.2) is 35.5 Å². The van der Waals surface area contributed by atoms with Gasteiger partial charge in [-0.2, -0.15) is 70.2 Å². The van der Waals surface area contributed by atoms with Crippen molar-refractivity contribution in [3.63, 3.8) is 0 Å². The van der Waals surface area contributed by atoms with E-state index in [0.717, 1.165) is 0 Å². The van der Waals surface area contributed by atoms with E-state index < -0.39 is 91.6 Å². The third kappa shape index (κ3) is 6.03. The van der Waals surface area contributed by atoms with Crippen LogP contribution in [-0.2, 0) is 35.5 Å². The number of hydrogen-bond acceptors (Lipinski definition) is 2. The smallest absolute Gasteiger partial charge is 0.385 e. The van der Waals surface area contributed by atoms with Crippen LogP contribution >= 0.6 is 0 Å². The molecule has 0 aromatic heterocycles. The van der Waals surface area contributed by atoms with E-state index in [1.807, 2.05) is 0 Å². The monoisotopic (exact) mass is 752 g/mol. The number of aryl methyl sites for hydroxylation is 2. The minimum Gasteiger partial charge on any atom is -0.398 e. The van der Waals surface area contributed by atoms with Gasteiger partial charge in [0.15, 0.2) is 0 Å². The van der Waals surface area contributed by atoms with Crippen LogP contribution in [0.4, 0.5) is 81.6 Å². The summed E-state index contributed by atoms with van der Waals surface area (Å²) in [5.74, 6) is -62.5. The van der Waals surface area contributed by atoms with Gasteiger partial charge in [-0.15, -0.1) is 0 Å². The fourth-order valence-corrected chi connectivity index (χ4v) is 5.16. The molecule has 0 radical (unpaired) electrons. The van der Waals surface area contributed by atoms with Crippen LogP contribution in [0.3, 0.4) is 0 Å². The zero-order valence-electron chi connectivity index (χ0n) is 27.9. The van der Waals surface area contributed by atoms with Crippen molar-refractivity contribution in [3.05, 3.63) is 57.6 Å². The zero-order valence-corrected chi connectivity index (χ0v) is 27.9. The highest BCUT2D eigenvalue weighted by Gasteiger charge is 2.95. The highest BCUT2D eigenvalue weighted by atomic mass is 19.4. The highest BCUT2D eigenvalue weighted by Crippen LogP contribution is 2.66. The molecule has 0 heterocycles. The molecule has 0 bridgehead atoms. The second kappa shape index (κ2) is 12.3. The molecule has 2 aromatic rings. The van der Waals surface area contributed by atoms with Crippen molar-refractivity contribution in [3.8, 4) is 0 Å². The number of alkyl halides is 16. The maximum Gasteiger partial charge on any atom is 0.385 e. The number of halogens is 16. The van der Waals surface area contributed by atoms with E-state index in [2.05, 4.69) is 0 Å². The molecule has 0 amide bonds. The number of nitrogens with two attached hydrogens (primary N) is 2. The summed E-state index contributed by atoms with van der Waals surface area (Å²) in [6, 6.07) is 0.247. The molecule has 0 unspecified atom stereocenters. The summed E-state index contributed by atoms with van der Waals surface area (Å²) in [6.07, 6.45) is -0.703. The number of nitrogen functional groups attached to an aromatic ring is 2. The minimum atomic E-state index is -8.55. The first-order chi connectivity index (χ1) is 21.9. The van der Waals surface area contributed by atoms with Crippen molar-refractivity contribution in [2.45, 2.75) is 126 Å². The van der Waals surface area contributed by atoms with E-state index in [9.17, 15) is 52.7 Å². The first kappa shape index (κ1) is 43.1. The molecule has 0 aliphatic carbocycles. The molecule has 2 aromatic carbocycles. The quantitative estimate of drug-likeness (QED) is 0.177. The first-order valence-electron chi connectivity index (χ1n) is 14.8. The van der Waals surface area contributed by atoms with E-state index in [1.165, 1.54) is 55.4 Å². The summed E-state index contributed by atoms with van der Waals surface area (Å²) < 4.78 is 239. The lowest BCUT2D eigenvalue weighted by atomic mass is 9.80. The van der Waals surface area contributed by atoms with Gasteiger partial charge in [0.2, 0.25) is 0 Å². The fourth-order valence-electron chi connectivity index (χ4n) is 5.16. The van der Waals surface area contributed by atoms with Gasteiger partial charge in [-0.3, -0.25) is 0 Å². The summed E-state index contributed by atoms with van der Waals surface area (Å²) in [4.78, 5) is 0. The van der Waals surface area contributed by atoms with Crippen LogP contribution in [0, 0.1) is 0 Å². The molecule has 0 saturated carbocycles. The number of benzene rings is 2. The number of hydrogen-bond donors (Lipinski definition) is 2. The number of rotatable bonds is 11. The van der Waals surface area contributed by atoms with Crippen LogP contribution in [0.25, 0.3) is 0 Å². The summed E-state index contributed by atoms with van der Waals surface area (Å²) in [5, 5.41) is 0. The van der Waals surface area contributed by atoms with Crippen LogP contribution in [0.15, 0.2) is 24.3 Å². The molecule has 0 spiro atoms. The maximum absolute atomic E-state index is 15.2. The van der Waals surface area contributed by atoms with Crippen molar-refractivity contribution in [2.75, 3.05) is 11.5 Å². The zero-order chi connectivity index (χ0) is 39.9. The molecule has 0 aliphatic rings. The predicted octanol–water partition coefficient (Wildman–Crippen LogP) is 11.3. The fraction of sp³-hybridized carbons (Fsp3) is 0.625. The molecule has 0 saturated heterocycles. The van der Waals surface area contributed by atoms with Crippen molar-refractivity contribution in [2.24, 2.45) is 0 Å². The van der Waals surface area contributed by atoms with Crippen molar-refractivity contribution < 1.29 is 70.2 Å². The highest BCUT2D eigenvalue weighted by molar-refractivity contribution is 5.60. The van der Waals surface area contributed by atoms with Crippen LogP contribution in [0.5, 0.6) is 0 Å². The maximum atomic E-state index is 15.2. The summed E-state index contributed by atoms with van der Waals surface area (Å²) in [6.45, 7) is 10.1. The minimum absolute atomic E-state index is 0.0528. The Morgan fingerprint density at radius 3 is 0.820 bits per heavy atom. The second-order valence-electron chi connectivity index (χ2n) is 14.0. The summed E-state index contributed by atoms with van der Waals surface area (Å²) in [7, 11) is 0.